The van der Waals surface area contributed by atoms with Gasteiger partial charge in [0.05, 0.1) is 6.10 Å². The molecule has 0 radical (unpaired) electrons. The number of ether oxygens (including phenoxy) is 2. The molecule has 0 aromatic heterocycles. The average Bonchev–Trinajstić information content (AvgIpc) is 3.21. The summed E-state index contributed by atoms with van der Waals surface area (Å²) in [5.41, 5.74) is 2.07. The van der Waals surface area contributed by atoms with Gasteiger partial charge in [-0.25, -0.2) is 0 Å². The number of fused-ring (bicyclic) bond motifs is 1. The summed E-state index contributed by atoms with van der Waals surface area (Å²) in [6.07, 6.45) is 2.59. The Labute approximate surface area is 187 Å². The summed E-state index contributed by atoms with van der Waals surface area (Å²) in [4.78, 5) is 0. The molecule has 0 amide bonds. The molecule has 0 saturated carbocycles. The Kier molecular flexibility index (Phi) is 8.05. The number of rotatable bonds is 7. The summed E-state index contributed by atoms with van der Waals surface area (Å²) in [7, 11) is 0. The highest BCUT2D eigenvalue weighted by atomic mass is 35.5. The van der Waals surface area contributed by atoms with Gasteiger partial charge in [0.2, 0.25) is 0 Å². The molecule has 1 atom stereocenters. The van der Waals surface area contributed by atoms with Crippen LogP contribution in [-0.4, -0.2) is 19.3 Å². The van der Waals surface area contributed by atoms with Gasteiger partial charge < -0.3 is 27.2 Å². The zero-order valence-electron chi connectivity index (χ0n) is 16.0. The van der Waals surface area contributed by atoms with Gasteiger partial charge in [-0.15, -0.1) is 0 Å². The third-order valence-corrected chi connectivity index (χ3v) is 5.68. The maximum Gasteiger partial charge on any atom is 0.124 e. The van der Waals surface area contributed by atoms with Gasteiger partial charge in [0.1, 0.15) is 12.4 Å². The van der Waals surface area contributed by atoms with Crippen LogP contribution in [0.3, 0.4) is 0 Å². The van der Waals surface area contributed by atoms with Gasteiger partial charge in [-0.05, 0) is 41.8 Å². The second kappa shape index (κ2) is 10.5. The van der Waals surface area contributed by atoms with E-state index in [0.717, 1.165) is 49.4 Å². The quantitative estimate of drug-likeness (QED) is 0.599. The molecule has 3 nitrogen and oxygen atoms in total. The normalized spacial score (nSPS) is 16.0. The fourth-order valence-electron chi connectivity index (χ4n) is 3.59. The Morgan fingerprint density at radius 3 is 2.72 bits per heavy atom. The maximum atomic E-state index is 6.30. The van der Waals surface area contributed by atoms with Crippen molar-refractivity contribution in [3.63, 3.8) is 0 Å². The van der Waals surface area contributed by atoms with Gasteiger partial charge in [-0.3, -0.25) is 0 Å². The molecule has 1 fully saturated rings. The molecule has 3 aromatic rings. The molecule has 0 bridgehead atoms. The summed E-state index contributed by atoms with van der Waals surface area (Å²) in [5.74, 6) is 0.865. The van der Waals surface area contributed by atoms with Gasteiger partial charge in [-0.2, -0.15) is 0 Å². The molecule has 29 heavy (non-hydrogen) atoms. The predicted molar refractivity (Wildman–Crippen MR) is 115 cm³/mol. The number of halogens is 3. The van der Waals surface area contributed by atoms with Crippen LogP contribution >= 0.6 is 23.2 Å². The van der Waals surface area contributed by atoms with Gasteiger partial charge in [0, 0.05) is 40.9 Å². The molecule has 1 saturated heterocycles. The molecule has 1 unspecified atom stereocenters. The monoisotopic (exact) mass is 450 g/mol. The first-order valence-corrected chi connectivity index (χ1v) is 10.4. The van der Waals surface area contributed by atoms with Crippen molar-refractivity contribution in [2.75, 3.05) is 13.2 Å². The Hall–Kier alpha value is -1.49. The van der Waals surface area contributed by atoms with Gasteiger partial charge in [0.15, 0.2) is 0 Å². The lowest BCUT2D eigenvalue weighted by molar-refractivity contribution is -0.00000699. The fraction of sp³-hybridized carbons (Fsp3) is 0.304. The van der Waals surface area contributed by atoms with E-state index in [0.29, 0.717) is 22.8 Å². The predicted octanol–water partition coefficient (Wildman–Crippen LogP) is 3.00. The van der Waals surface area contributed by atoms with Crippen LogP contribution in [0.1, 0.15) is 24.0 Å². The highest BCUT2D eigenvalue weighted by Crippen LogP contribution is 2.30. The summed E-state index contributed by atoms with van der Waals surface area (Å²) in [5, 5.41) is 7.18. The third-order valence-electron chi connectivity index (χ3n) is 5.09. The first-order valence-electron chi connectivity index (χ1n) is 9.60. The summed E-state index contributed by atoms with van der Waals surface area (Å²) in [6, 6.07) is 18.0. The van der Waals surface area contributed by atoms with E-state index in [1.165, 1.54) is 10.8 Å². The lowest BCUT2D eigenvalue weighted by Gasteiger charge is -2.17. The van der Waals surface area contributed by atoms with E-state index in [1.54, 1.807) is 6.07 Å². The zero-order chi connectivity index (χ0) is 19.3. The van der Waals surface area contributed by atoms with Crippen LogP contribution in [0.25, 0.3) is 10.8 Å². The second-order valence-electron chi connectivity index (χ2n) is 7.05. The molecule has 3 aromatic carbocycles. The Morgan fingerprint density at radius 1 is 1.07 bits per heavy atom. The van der Waals surface area contributed by atoms with Gasteiger partial charge >= 0.3 is 0 Å². The maximum absolute atomic E-state index is 6.30. The number of hydrogen-bond donors (Lipinski definition) is 1. The second-order valence-corrected chi connectivity index (χ2v) is 7.90. The lowest BCUT2D eigenvalue weighted by Crippen LogP contribution is -3.00. The molecule has 1 aliphatic rings. The Morgan fingerprint density at radius 2 is 1.93 bits per heavy atom. The summed E-state index contributed by atoms with van der Waals surface area (Å²) >= 11 is 12.3. The Balaban J connectivity index is 0.00000240. The smallest absolute Gasteiger partial charge is 0.124 e. The van der Waals surface area contributed by atoms with Gasteiger partial charge in [0.25, 0.3) is 0 Å². The van der Waals surface area contributed by atoms with Crippen molar-refractivity contribution in [3.05, 3.63) is 75.8 Å². The van der Waals surface area contributed by atoms with Crippen LogP contribution in [0, 0.1) is 0 Å². The minimum absolute atomic E-state index is 0. The first-order chi connectivity index (χ1) is 13.7. The van der Waals surface area contributed by atoms with E-state index < -0.39 is 0 Å². The number of nitrogens with one attached hydrogen (secondary N) is 1. The summed E-state index contributed by atoms with van der Waals surface area (Å²) in [6.45, 7) is 2.85. The van der Waals surface area contributed by atoms with E-state index in [4.69, 9.17) is 32.7 Å². The summed E-state index contributed by atoms with van der Waals surface area (Å²) < 4.78 is 11.9. The SMILES string of the molecule is Clc1ccc(COc2ccc3ccccc3c2CNCC2CCCO2)c(Cl)c1.[Cl-]. The van der Waals surface area contributed by atoms with E-state index in [2.05, 4.69) is 35.6 Å². The highest BCUT2D eigenvalue weighted by molar-refractivity contribution is 6.35. The van der Waals surface area contributed by atoms with Crippen molar-refractivity contribution in [3.8, 4) is 5.75 Å². The minimum Gasteiger partial charge on any atom is -1.00 e. The van der Waals surface area contributed by atoms with E-state index in [9.17, 15) is 0 Å². The van der Waals surface area contributed by atoms with Crippen molar-refractivity contribution >= 4 is 34.0 Å². The van der Waals surface area contributed by atoms with Crippen LogP contribution in [0.5, 0.6) is 5.75 Å². The van der Waals surface area contributed by atoms with Crippen molar-refractivity contribution in [2.45, 2.75) is 32.1 Å². The molecule has 4 rings (SSSR count). The first kappa shape index (κ1) is 22.2. The topological polar surface area (TPSA) is 30.5 Å². The molecular weight excluding hydrogens is 429 g/mol. The van der Waals surface area contributed by atoms with Crippen molar-refractivity contribution < 1.29 is 21.9 Å². The van der Waals surface area contributed by atoms with E-state index in [1.807, 2.05) is 18.2 Å². The van der Waals surface area contributed by atoms with Crippen molar-refractivity contribution in [1.82, 2.24) is 5.32 Å². The van der Waals surface area contributed by atoms with Crippen LogP contribution in [-0.2, 0) is 17.9 Å². The van der Waals surface area contributed by atoms with E-state index in [-0.39, 0.29) is 12.4 Å². The van der Waals surface area contributed by atoms with Crippen LogP contribution in [0.4, 0.5) is 0 Å². The Bertz CT molecular complexity index is 958. The molecule has 6 heteroatoms. The third kappa shape index (κ3) is 5.56. The zero-order valence-corrected chi connectivity index (χ0v) is 18.2. The molecule has 1 heterocycles. The molecule has 0 aliphatic carbocycles. The highest BCUT2D eigenvalue weighted by Gasteiger charge is 2.16. The van der Waals surface area contributed by atoms with Crippen LogP contribution in [0.15, 0.2) is 54.6 Å². The van der Waals surface area contributed by atoms with E-state index >= 15 is 0 Å². The lowest BCUT2D eigenvalue weighted by atomic mass is 10.0. The standard InChI is InChI=1S/C23H23Cl2NO2.ClH/c24-18-9-7-17(22(25)12-18)15-28-23-10-8-16-4-1-2-6-20(16)21(23)14-26-13-19-5-3-11-27-19;/h1-2,4,6-10,12,19,26H,3,5,11,13-15H2;1H/p-1. The van der Waals surface area contributed by atoms with Gasteiger partial charge in [-0.1, -0.05) is 59.6 Å². The molecule has 1 N–H and O–H groups in total. The number of benzene rings is 3. The van der Waals surface area contributed by atoms with Crippen LogP contribution < -0.4 is 22.5 Å². The molecule has 1 aliphatic heterocycles. The van der Waals surface area contributed by atoms with Crippen LogP contribution in [0.2, 0.25) is 10.0 Å². The molecular formula is C23H23Cl3NO2-. The largest absolute Gasteiger partial charge is 1.00 e. The number of hydrogen-bond acceptors (Lipinski definition) is 3. The average molecular weight is 452 g/mol. The van der Waals surface area contributed by atoms with Crippen molar-refractivity contribution in [1.29, 1.82) is 0 Å². The fourth-order valence-corrected chi connectivity index (χ4v) is 4.05. The van der Waals surface area contributed by atoms with Crippen molar-refractivity contribution in [2.24, 2.45) is 0 Å². The molecule has 0 spiro atoms. The molecule has 154 valence electrons. The minimum atomic E-state index is 0.